The summed E-state index contributed by atoms with van der Waals surface area (Å²) in [5.74, 6) is 0.679. The van der Waals surface area contributed by atoms with Crippen LogP contribution in [0.4, 0.5) is 0 Å². The lowest BCUT2D eigenvalue weighted by Gasteiger charge is -2.19. The minimum absolute atomic E-state index is 0.214. The minimum Gasteiger partial charge on any atom is -0.143 e. The van der Waals surface area contributed by atoms with Crippen LogP contribution in [0, 0.1) is 12.8 Å². The fourth-order valence-electron chi connectivity index (χ4n) is 2.51. The van der Waals surface area contributed by atoms with Gasteiger partial charge in [0, 0.05) is 14.2 Å². The second-order valence-corrected chi connectivity index (χ2v) is 7.34. The first kappa shape index (κ1) is 12.9. The van der Waals surface area contributed by atoms with E-state index in [9.17, 15) is 0 Å². The summed E-state index contributed by atoms with van der Waals surface area (Å²) in [6, 6.07) is 2.19. The first-order valence-corrected chi connectivity index (χ1v) is 8.13. The first-order chi connectivity index (χ1) is 7.68. The van der Waals surface area contributed by atoms with Gasteiger partial charge >= 0.3 is 0 Å². The zero-order valence-electron chi connectivity index (χ0n) is 9.64. The van der Waals surface area contributed by atoms with E-state index in [0.29, 0.717) is 5.92 Å². The van der Waals surface area contributed by atoms with Crippen molar-refractivity contribution in [2.24, 2.45) is 5.92 Å². The van der Waals surface area contributed by atoms with Crippen molar-refractivity contribution in [2.75, 3.05) is 0 Å². The van der Waals surface area contributed by atoms with E-state index in [-0.39, 0.29) is 5.38 Å². The molecule has 0 nitrogen and oxygen atoms in total. The molecule has 1 aliphatic carbocycles. The third kappa shape index (κ3) is 3.02. The maximum Gasteiger partial charge on any atom is 0.0718 e. The molecule has 1 aromatic rings. The largest absolute Gasteiger partial charge is 0.143 e. The Labute approximate surface area is 116 Å². The van der Waals surface area contributed by atoms with Crippen molar-refractivity contribution in [3.05, 3.63) is 20.3 Å². The standard InChI is InChI=1S/C13H18BrClS/c1-9-8-11(14)13(16-9)12(15)10-6-4-2-3-5-7-10/h8,10,12H,2-7H2,1H3. The summed E-state index contributed by atoms with van der Waals surface area (Å²) >= 11 is 12.1. The second-order valence-electron chi connectivity index (χ2n) is 4.72. The Morgan fingerprint density at radius 3 is 2.44 bits per heavy atom. The van der Waals surface area contributed by atoms with Crippen LogP contribution in [0.5, 0.6) is 0 Å². The summed E-state index contributed by atoms with van der Waals surface area (Å²) in [4.78, 5) is 2.69. The third-order valence-corrected chi connectivity index (χ3v) is 6.16. The van der Waals surface area contributed by atoms with Crippen molar-refractivity contribution in [1.29, 1.82) is 0 Å². The molecular weight excluding hydrogens is 304 g/mol. The van der Waals surface area contributed by atoms with Crippen LogP contribution in [0.15, 0.2) is 10.5 Å². The number of rotatable bonds is 2. The zero-order chi connectivity index (χ0) is 11.5. The molecule has 0 bridgehead atoms. The molecule has 2 rings (SSSR count). The molecule has 1 aliphatic rings. The summed E-state index contributed by atoms with van der Waals surface area (Å²) in [5, 5.41) is 0.214. The number of halogens is 2. The highest BCUT2D eigenvalue weighted by atomic mass is 79.9. The van der Waals surface area contributed by atoms with Gasteiger partial charge in [-0.3, -0.25) is 0 Å². The van der Waals surface area contributed by atoms with Crippen molar-refractivity contribution in [3.8, 4) is 0 Å². The van der Waals surface area contributed by atoms with E-state index in [1.807, 2.05) is 11.3 Å². The predicted molar refractivity (Wildman–Crippen MR) is 76.5 cm³/mol. The summed E-state index contributed by atoms with van der Waals surface area (Å²) in [6.07, 6.45) is 8.11. The van der Waals surface area contributed by atoms with E-state index in [2.05, 4.69) is 28.9 Å². The molecule has 16 heavy (non-hydrogen) atoms. The Kier molecular flexibility index (Phi) is 4.75. The average Bonchev–Trinajstić information content (AvgIpc) is 2.49. The van der Waals surface area contributed by atoms with E-state index < -0.39 is 0 Å². The van der Waals surface area contributed by atoms with Gasteiger partial charge in [-0.05, 0) is 47.7 Å². The molecule has 3 heteroatoms. The quantitative estimate of drug-likeness (QED) is 0.458. The molecule has 1 aromatic heterocycles. The van der Waals surface area contributed by atoms with E-state index in [4.69, 9.17) is 11.6 Å². The Hall–Kier alpha value is 0.470. The van der Waals surface area contributed by atoms with Crippen LogP contribution < -0.4 is 0 Å². The second kappa shape index (κ2) is 5.88. The lowest BCUT2D eigenvalue weighted by molar-refractivity contribution is 0.447. The molecule has 0 aromatic carbocycles. The molecule has 1 fully saturated rings. The normalized spacial score (nSPS) is 20.7. The van der Waals surface area contributed by atoms with E-state index >= 15 is 0 Å². The fourth-order valence-corrected chi connectivity index (χ4v) is 5.11. The van der Waals surface area contributed by atoms with Crippen LogP contribution in [0.25, 0.3) is 0 Å². The Balaban J connectivity index is 2.10. The molecule has 0 spiro atoms. The molecule has 90 valence electrons. The van der Waals surface area contributed by atoms with Crippen LogP contribution in [-0.4, -0.2) is 0 Å². The molecular formula is C13H18BrClS. The van der Waals surface area contributed by atoms with Crippen LogP contribution in [0.2, 0.25) is 0 Å². The van der Waals surface area contributed by atoms with Crippen molar-refractivity contribution in [2.45, 2.75) is 50.8 Å². The molecule has 0 N–H and O–H groups in total. The van der Waals surface area contributed by atoms with Gasteiger partial charge in [0.15, 0.2) is 0 Å². The fraction of sp³-hybridized carbons (Fsp3) is 0.692. The molecule has 0 aliphatic heterocycles. The molecule has 1 atom stereocenters. The minimum atomic E-state index is 0.214. The van der Waals surface area contributed by atoms with E-state index in [1.54, 1.807) is 0 Å². The highest BCUT2D eigenvalue weighted by Crippen LogP contribution is 2.43. The van der Waals surface area contributed by atoms with Crippen molar-refractivity contribution in [1.82, 2.24) is 0 Å². The smallest absolute Gasteiger partial charge is 0.0718 e. The van der Waals surface area contributed by atoms with Crippen LogP contribution in [0.1, 0.15) is 53.7 Å². The average molecular weight is 322 g/mol. The van der Waals surface area contributed by atoms with Gasteiger partial charge in [0.25, 0.3) is 0 Å². The maximum atomic E-state index is 6.66. The molecule has 1 saturated carbocycles. The molecule has 1 unspecified atom stereocenters. The van der Waals surface area contributed by atoms with Crippen molar-refractivity contribution < 1.29 is 0 Å². The Bertz CT molecular complexity index is 340. The Morgan fingerprint density at radius 1 is 1.31 bits per heavy atom. The summed E-state index contributed by atoms with van der Waals surface area (Å²) in [7, 11) is 0. The van der Waals surface area contributed by atoms with Crippen LogP contribution in [0.3, 0.4) is 0 Å². The van der Waals surface area contributed by atoms with Crippen LogP contribution in [-0.2, 0) is 0 Å². The number of aryl methyl sites for hydroxylation is 1. The van der Waals surface area contributed by atoms with Gasteiger partial charge < -0.3 is 0 Å². The number of hydrogen-bond acceptors (Lipinski definition) is 1. The third-order valence-electron chi connectivity index (χ3n) is 3.40. The zero-order valence-corrected chi connectivity index (χ0v) is 12.8. The van der Waals surface area contributed by atoms with Gasteiger partial charge in [-0.25, -0.2) is 0 Å². The lowest BCUT2D eigenvalue weighted by atomic mass is 9.95. The van der Waals surface area contributed by atoms with E-state index in [0.717, 1.165) is 0 Å². The number of thiophene rings is 1. The summed E-state index contributed by atoms with van der Waals surface area (Å²) < 4.78 is 1.21. The van der Waals surface area contributed by atoms with Crippen LogP contribution >= 0.6 is 38.9 Å². The molecule has 1 heterocycles. The van der Waals surface area contributed by atoms with Gasteiger partial charge in [-0.2, -0.15) is 0 Å². The van der Waals surface area contributed by atoms with Gasteiger partial charge in [0.2, 0.25) is 0 Å². The molecule has 0 radical (unpaired) electrons. The first-order valence-electron chi connectivity index (χ1n) is 6.08. The number of hydrogen-bond donors (Lipinski definition) is 0. The van der Waals surface area contributed by atoms with Crippen molar-refractivity contribution in [3.63, 3.8) is 0 Å². The number of alkyl halides is 1. The SMILES string of the molecule is Cc1cc(Br)c(C(Cl)C2CCCCCC2)s1. The Morgan fingerprint density at radius 2 is 1.94 bits per heavy atom. The maximum absolute atomic E-state index is 6.66. The van der Waals surface area contributed by atoms with Gasteiger partial charge in [0.05, 0.1) is 5.38 Å². The summed E-state index contributed by atoms with van der Waals surface area (Å²) in [6.45, 7) is 2.15. The monoisotopic (exact) mass is 320 g/mol. The van der Waals surface area contributed by atoms with Gasteiger partial charge in [0.1, 0.15) is 0 Å². The van der Waals surface area contributed by atoms with Gasteiger partial charge in [-0.15, -0.1) is 22.9 Å². The van der Waals surface area contributed by atoms with Gasteiger partial charge in [-0.1, -0.05) is 25.7 Å². The summed E-state index contributed by atoms with van der Waals surface area (Å²) in [5.41, 5.74) is 0. The predicted octanol–water partition coefficient (Wildman–Crippen LogP) is 6.07. The highest BCUT2D eigenvalue weighted by molar-refractivity contribution is 9.10. The molecule has 0 saturated heterocycles. The highest BCUT2D eigenvalue weighted by Gasteiger charge is 2.25. The molecule has 0 amide bonds. The lowest BCUT2D eigenvalue weighted by Crippen LogP contribution is -2.06. The van der Waals surface area contributed by atoms with E-state index in [1.165, 1.54) is 52.8 Å². The topological polar surface area (TPSA) is 0 Å². The van der Waals surface area contributed by atoms with Crippen molar-refractivity contribution >= 4 is 38.9 Å².